The van der Waals surface area contributed by atoms with E-state index < -0.39 is 5.91 Å². The predicted octanol–water partition coefficient (Wildman–Crippen LogP) is 1.53. The van der Waals surface area contributed by atoms with Gasteiger partial charge in [0.1, 0.15) is 5.75 Å². The first kappa shape index (κ1) is 19.7. The Kier molecular flexibility index (Phi) is 7.40. The molecular weight excluding hydrogens is 350 g/mol. The number of aryl methyl sites for hydroxylation is 2. The number of rotatable bonds is 8. The minimum Gasteiger partial charge on any atom is -0.484 e. The quantitative estimate of drug-likeness (QED) is 0.480. The number of carbonyl (C=O) groups is 1. The molecule has 0 aliphatic rings. The van der Waals surface area contributed by atoms with Crippen LogP contribution in [-0.4, -0.2) is 37.1 Å². The van der Waals surface area contributed by atoms with E-state index >= 15 is 0 Å². The second kappa shape index (κ2) is 9.76. The highest BCUT2D eigenvalue weighted by Gasteiger charge is 2.06. The first-order valence-corrected chi connectivity index (χ1v) is 9.17. The van der Waals surface area contributed by atoms with Crippen LogP contribution >= 0.6 is 11.3 Å². The van der Waals surface area contributed by atoms with Crippen LogP contribution in [0.25, 0.3) is 0 Å². The van der Waals surface area contributed by atoms with E-state index in [1.807, 2.05) is 38.1 Å². The van der Waals surface area contributed by atoms with Gasteiger partial charge in [0.15, 0.2) is 12.6 Å². The average molecular weight is 375 g/mol. The molecule has 8 heteroatoms. The molecule has 0 unspecified atom stereocenters. The zero-order chi connectivity index (χ0) is 18.9. The van der Waals surface area contributed by atoms with Gasteiger partial charge < -0.3 is 21.1 Å². The molecule has 0 fully saturated rings. The molecule has 0 spiro atoms. The lowest BCUT2D eigenvalue weighted by Crippen LogP contribution is -2.37. The molecule has 1 amide bonds. The minimum absolute atomic E-state index is 0.109. The van der Waals surface area contributed by atoms with Gasteiger partial charge in [0, 0.05) is 18.5 Å². The van der Waals surface area contributed by atoms with Gasteiger partial charge in [0.05, 0.1) is 17.2 Å². The normalized spacial score (nSPS) is 11.3. The van der Waals surface area contributed by atoms with E-state index in [1.165, 1.54) is 4.88 Å². The first-order valence-electron chi connectivity index (χ1n) is 8.35. The topological polar surface area (TPSA) is 102 Å². The molecule has 2 rings (SSSR count). The lowest BCUT2D eigenvalue weighted by atomic mass is 10.1. The Bertz CT molecular complexity index is 755. The van der Waals surface area contributed by atoms with E-state index in [0.717, 1.165) is 35.2 Å². The first-order chi connectivity index (χ1) is 12.5. The summed E-state index contributed by atoms with van der Waals surface area (Å²) in [5.41, 5.74) is 7.28. The number of nitrogens with two attached hydrogens (primary N) is 1. The molecule has 0 saturated carbocycles. The van der Waals surface area contributed by atoms with Crippen molar-refractivity contribution < 1.29 is 9.53 Å². The van der Waals surface area contributed by atoms with E-state index in [1.54, 1.807) is 18.4 Å². The third kappa shape index (κ3) is 6.36. The second-order valence-corrected chi connectivity index (χ2v) is 7.03. The number of thiazole rings is 1. The number of nitrogens with one attached hydrogen (secondary N) is 2. The largest absolute Gasteiger partial charge is 0.484 e. The van der Waals surface area contributed by atoms with E-state index in [0.29, 0.717) is 12.3 Å². The van der Waals surface area contributed by atoms with Crippen molar-refractivity contribution >= 4 is 23.2 Å². The van der Waals surface area contributed by atoms with Crippen molar-refractivity contribution in [3.05, 3.63) is 45.4 Å². The lowest BCUT2D eigenvalue weighted by molar-refractivity contribution is -0.119. The summed E-state index contributed by atoms with van der Waals surface area (Å²) in [6.07, 6.45) is 0.843. The number of aromatic nitrogens is 1. The average Bonchev–Trinajstić information content (AvgIpc) is 2.94. The fourth-order valence-corrected chi connectivity index (χ4v) is 3.23. The number of ether oxygens (including phenoxy) is 1. The smallest absolute Gasteiger partial charge is 0.255 e. The van der Waals surface area contributed by atoms with Crippen molar-refractivity contribution in [1.82, 2.24) is 15.6 Å². The van der Waals surface area contributed by atoms with Crippen molar-refractivity contribution in [2.45, 2.75) is 26.8 Å². The number of guanidine groups is 1. The summed E-state index contributed by atoms with van der Waals surface area (Å²) in [5, 5.41) is 7.68. The third-order valence-corrected chi connectivity index (χ3v) is 4.72. The van der Waals surface area contributed by atoms with Crippen LogP contribution in [0.5, 0.6) is 5.75 Å². The van der Waals surface area contributed by atoms with E-state index in [2.05, 4.69) is 20.6 Å². The summed E-state index contributed by atoms with van der Waals surface area (Å²) in [7, 11) is 1.75. The fraction of sp³-hybridized carbons (Fsp3) is 0.389. The van der Waals surface area contributed by atoms with Gasteiger partial charge in [-0.05, 0) is 38.0 Å². The monoisotopic (exact) mass is 375 g/mol. The molecule has 0 bridgehead atoms. The molecule has 0 saturated heterocycles. The molecular formula is C18H25N5O2S. The van der Waals surface area contributed by atoms with Gasteiger partial charge in [-0.2, -0.15) is 0 Å². The summed E-state index contributed by atoms with van der Waals surface area (Å²) < 4.78 is 5.24. The zero-order valence-corrected chi connectivity index (χ0v) is 16.2. The van der Waals surface area contributed by atoms with E-state index in [-0.39, 0.29) is 6.61 Å². The summed E-state index contributed by atoms with van der Waals surface area (Å²) in [6, 6.07) is 7.61. The Morgan fingerprint density at radius 2 is 2.00 bits per heavy atom. The number of aliphatic imine (C=N–C) groups is 1. The van der Waals surface area contributed by atoms with Crippen molar-refractivity contribution in [2.24, 2.45) is 10.7 Å². The van der Waals surface area contributed by atoms with Crippen molar-refractivity contribution in [2.75, 3.05) is 20.2 Å². The predicted molar refractivity (Wildman–Crippen MR) is 105 cm³/mol. The Hall–Kier alpha value is -2.61. The fourth-order valence-electron chi connectivity index (χ4n) is 2.35. The lowest BCUT2D eigenvalue weighted by Gasteiger charge is -2.11. The molecule has 140 valence electrons. The Morgan fingerprint density at radius 1 is 1.27 bits per heavy atom. The van der Waals surface area contributed by atoms with Gasteiger partial charge >= 0.3 is 0 Å². The third-order valence-electron chi connectivity index (χ3n) is 3.65. The summed E-state index contributed by atoms with van der Waals surface area (Å²) in [4.78, 5) is 20.6. The molecule has 1 heterocycles. The maximum Gasteiger partial charge on any atom is 0.255 e. The number of nitrogens with zero attached hydrogens (tertiary/aromatic N) is 2. The molecule has 26 heavy (non-hydrogen) atoms. The van der Waals surface area contributed by atoms with Gasteiger partial charge in [-0.3, -0.25) is 9.79 Å². The van der Waals surface area contributed by atoms with E-state index in [9.17, 15) is 4.79 Å². The summed E-state index contributed by atoms with van der Waals surface area (Å²) in [6.45, 7) is 5.39. The highest BCUT2D eigenvalue weighted by Crippen LogP contribution is 2.16. The maximum absolute atomic E-state index is 10.7. The van der Waals surface area contributed by atoms with Crippen molar-refractivity contribution in [3.63, 3.8) is 0 Å². The van der Waals surface area contributed by atoms with Crippen LogP contribution in [0.3, 0.4) is 0 Å². The minimum atomic E-state index is -0.485. The zero-order valence-electron chi connectivity index (χ0n) is 15.3. The summed E-state index contributed by atoms with van der Waals surface area (Å²) in [5.74, 6) is 0.908. The number of hydrogen-bond donors (Lipinski definition) is 3. The number of carbonyl (C=O) groups excluding carboxylic acids is 1. The molecule has 0 atom stereocenters. The Morgan fingerprint density at radius 3 is 2.58 bits per heavy atom. The molecule has 1 aromatic heterocycles. The molecule has 4 N–H and O–H groups in total. The van der Waals surface area contributed by atoms with E-state index in [4.69, 9.17) is 10.5 Å². The van der Waals surface area contributed by atoms with Crippen LogP contribution in [0.15, 0.2) is 29.3 Å². The molecule has 2 aromatic rings. The molecule has 0 aliphatic carbocycles. The van der Waals surface area contributed by atoms with Crippen LogP contribution < -0.4 is 21.1 Å². The second-order valence-electron chi connectivity index (χ2n) is 5.74. The van der Waals surface area contributed by atoms with Crippen LogP contribution in [-0.2, 0) is 17.8 Å². The van der Waals surface area contributed by atoms with Gasteiger partial charge in [-0.15, -0.1) is 11.3 Å². The molecule has 7 nitrogen and oxygen atoms in total. The van der Waals surface area contributed by atoms with Gasteiger partial charge in [-0.1, -0.05) is 12.1 Å². The van der Waals surface area contributed by atoms with Crippen LogP contribution in [0.4, 0.5) is 0 Å². The number of hydrogen-bond acceptors (Lipinski definition) is 5. The number of amides is 1. The molecule has 1 aromatic carbocycles. The van der Waals surface area contributed by atoms with Crippen LogP contribution in [0.2, 0.25) is 0 Å². The summed E-state index contributed by atoms with van der Waals surface area (Å²) >= 11 is 1.70. The van der Waals surface area contributed by atoms with Crippen molar-refractivity contribution in [1.29, 1.82) is 0 Å². The van der Waals surface area contributed by atoms with Gasteiger partial charge in [-0.25, -0.2) is 4.98 Å². The maximum atomic E-state index is 10.7. The standard InChI is InChI=1S/C18H25N5O2S/c1-12-16(26-13(2)23-12)10-22-18(20-3)21-9-8-14-4-6-15(7-5-14)25-11-17(19)24/h4-7H,8-11H2,1-3H3,(H2,19,24)(H2,20,21,22). The van der Waals surface area contributed by atoms with Crippen LogP contribution in [0.1, 0.15) is 21.1 Å². The molecule has 0 aliphatic heterocycles. The molecule has 0 radical (unpaired) electrons. The number of benzene rings is 1. The van der Waals surface area contributed by atoms with Crippen molar-refractivity contribution in [3.8, 4) is 5.75 Å². The number of primary amides is 1. The van der Waals surface area contributed by atoms with Gasteiger partial charge in [0.2, 0.25) is 0 Å². The highest BCUT2D eigenvalue weighted by atomic mass is 32.1. The SMILES string of the molecule is CN=C(NCCc1ccc(OCC(N)=O)cc1)NCc1sc(C)nc1C. The Labute approximate surface area is 157 Å². The van der Waals surface area contributed by atoms with Gasteiger partial charge in [0.25, 0.3) is 5.91 Å². The Balaban J connectivity index is 1.74. The highest BCUT2D eigenvalue weighted by molar-refractivity contribution is 7.11. The van der Waals surface area contributed by atoms with Crippen LogP contribution in [0, 0.1) is 13.8 Å².